The van der Waals surface area contributed by atoms with Crippen LogP contribution in [0, 0.1) is 0 Å². The average Bonchev–Trinajstić information content (AvgIpc) is 2.97. The van der Waals surface area contributed by atoms with E-state index in [2.05, 4.69) is 10.5 Å². The van der Waals surface area contributed by atoms with Crippen molar-refractivity contribution in [3.8, 4) is 0 Å². The molecule has 2 rings (SSSR count). The average molecular weight is 277 g/mol. The van der Waals surface area contributed by atoms with Gasteiger partial charge < -0.3 is 21.0 Å². The molecule has 1 aliphatic rings. The van der Waals surface area contributed by atoms with Crippen molar-refractivity contribution in [2.24, 2.45) is 10.9 Å². The van der Waals surface area contributed by atoms with E-state index >= 15 is 0 Å². The molecule has 1 aromatic rings. The molecule has 0 spiro atoms. The number of hydrogen-bond donors (Lipinski definition) is 3. The van der Waals surface area contributed by atoms with Crippen LogP contribution < -0.4 is 11.1 Å². The molecule has 6 heteroatoms. The third kappa shape index (κ3) is 3.96. The van der Waals surface area contributed by atoms with Gasteiger partial charge in [0, 0.05) is 18.7 Å². The Morgan fingerprint density at radius 2 is 2.40 bits per heavy atom. The lowest BCUT2D eigenvalue weighted by molar-refractivity contribution is -0.123. The van der Waals surface area contributed by atoms with Crippen molar-refractivity contribution in [2.45, 2.75) is 31.9 Å². The Labute approximate surface area is 117 Å². The number of nitrogens with one attached hydrogen (secondary N) is 1. The van der Waals surface area contributed by atoms with Gasteiger partial charge in [-0.05, 0) is 24.5 Å². The maximum absolute atomic E-state index is 11.8. The fourth-order valence-electron chi connectivity index (χ4n) is 2.18. The zero-order valence-corrected chi connectivity index (χ0v) is 11.2. The number of carbonyl (C=O) groups is 1. The first-order chi connectivity index (χ1) is 9.69. The summed E-state index contributed by atoms with van der Waals surface area (Å²) in [6.45, 7) is 1.16. The lowest BCUT2D eigenvalue weighted by Crippen LogP contribution is -2.27. The number of nitrogens with zero attached hydrogens (tertiary/aromatic N) is 1. The Morgan fingerprint density at radius 1 is 1.55 bits per heavy atom. The van der Waals surface area contributed by atoms with Gasteiger partial charge in [-0.2, -0.15) is 0 Å². The lowest BCUT2D eigenvalue weighted by Gasteiger charge is -2.10. The molecule has 20 heavy (non-hydrogen) atoms. The van der Waals surface area contributed by atoms with Crippen molar-refractivity contribution >= 4 is 11.7 Å². The maximum Gasteiger partial charge on any atom is 0.222 e. The molecular formula is C14H19N3O3. The van der Waals surface area contributed by atoms with Crippen LogP contribution in [-0.4, -0.2) is 29.7 Å². The van der Waals surface area contributed by atoms with E-state index in [9.17, 15) is 4.79 Å². The summed E-state index contributed by atoms with van der Waals surface area (Å²) < 4.78 is 5.42. The van der Waals surface area contributed by atoms with Crippen LogP contribution in [-0.2, 0) is 16.1 Å². The highest BCUT2D eigenvalue weighted by Crippen LogP contribution is 2.15. The van der Waals surface area contributed by atoms with Crippen molar-refractivity contribution in [3.05, 3.63) is 35.4 Å². The van der Waals surface area contributed by atoms with Crippen molar-refractivity contribution in [2.75, 3.05) is 6.61 Å². The number of nitrogens with two attached hydrogens (primary N) is 1. The summed E-state index contributed by atoms with van der Waals surface area (Å²) in [4.78, 5) is 11.8. The van der Waals surface area contributed by atoms with Gasteiger partial charge in [-0.3, -0.25) is 4.79 Å². The van der Waals surface area contributed by atoms with Crippen LogP contribution in [0.1, 0.15) is 30.4 Å². The minimum Gasteiger partial charge on any atom is -0.409 e. The molecule has 1 saturated heterocycles. The van der Waals surface area contributed by atoms with Gasteiger partial charge >= 0.3 is 0 Å². The van der Waals surface area contributed by atoms with Crippen LogP contribution in [0.5, 0.6) is 0 Å². The van der Waals surface area contributed by atoms with Gasteiger partial charge in [0.2, 0.25) is 5.91 Å². The summed E-state index contributed by atoms with van der Waals surface area (Å²) in [5, 5.41) is 14.4. The van der Waals surface area contributed by atoms with Gasteiger partial charge in [-0.15, -0.1) is 0 Å². The molecule has 0 saturated carbocycles. The van der Waals surface area contributed by atoms with Crippen LogP contribution in [0.25, 0.3) is 0 Å². The second-order valence-corrected chi connectivity index (χ2v) is 4.80. The fourth-order valence-corrected chi connectivity index (χ4v) is 2.18. The van der Waals surface area contributed by atoms with Gasteiger partial charge in [-0.25, -0.2) is 0 Å². The smallest absolute Gasteiger partial charge is 0.222 e. The Balaban J connectivity index is 1.85. The molecule has 0 aliphatic carbocycles. The molecule has 1 heterocycles. The summed E-state index contributed by atoms with van der Waals surface area (Å²) >= 11 is 0. The Bertz CT molecular complexity index is 496. The van der Waals surface area contributed by atoms with Gasteiger partial charge in [0.15, 0.2) is 5.84 Å². The highest BCUT2D eigenvalue weighted by atomic mass is 16.5. The van der Waals surface area contributed by atoms with Gasteiger partial charge in [0.1, 0.15) is 0 Å². The molecule has 1 unspecified atom stereocenters. The van der Waals surface area contributed by atoms with E-state index in [4.69, 9.17) is 15.7 Å². The predicted molar refractivity (Wildman–Crippen MR) is 74.4 cm³/mol. The summed E-state index contributed by atoms with van der Waals surface area (Å²) in [5.41, 5.74) is 7.05. The van der Waals surface area contributed by atoms with Crippen molar-refractivity contribution in [1.29, 1.82) is 0 Å². The summed E-state index contributed by atoms with van der Waals surface area (Å²) in [6, 6.07) is 7.20. The van der Waals surface area contributed by atoms with E-state index in [0.717, 1.165) is 25.0 Å². The molecule has 1 fully saturated rings. The van der Waals surface area contributed by atoms with E-state index in [0.29, 0.717) is 18.5 Å². The number of ether oxygens (including phenoxy) is 1. The molecule has 1 aliphatic heterocycles. The molecule has 0 bridgehead atoms. The van der Waals surface area contributed by atoms with Crippen LogP contribution in [0.4, 0.5) is 0 Å². The minimum absolute atomic E-state index is 0.0221. The summed E-state index contributed by atoms with van der Waals surface area (Å²) in [5.74, 6) is 0.0311. The van der Waals surface area contributed by atoms with Crippen LogP contribution in [0.15, 0.2) is 29.4 Å². The largest absolute Gasteiger partial charge is 0.409 e. The van der Waals surface area contributed by atoms with Gasteiger partial charge in [0.05, 0.1) is 12.5 Å². The number of oxime groups is 1. The Morgan fingerprint density at radius 3 is 3.10 bits per heavy atom. The number of amides is 1. The van der Waals surface area contributed by atoms with Crippen LogP contribution in [0.3, 0.4) is 0 Å². The molecular weight excluding hydrogens is 258 g/mol. The highest BCUT2D eigenvalue weighted by Gasteiger charge is 2.18. The molecule has 0 aromatic heterocycles. The summed E-state index contributed by atoms with van der Waals surface area (Å²) in [6.07, 6.45) is 2.44. The first kappa shape index (κ1) is 14.3. The zero-order chi connectivity index (χ0) is 14.4. The predicted octanol–water partition coefficient (Wildman–Crippen LogP) is 0.966. The molecule has 6 nitrogen and oxygen atoms in total. The molecule has 1 amide bonds. The highest BCUT2D eigenvalue weighted by molar-refractivity contribution is 5.97. The molecule has 4 N–H and O–H groups in total. The third-order valence-electron chi connectivity index (χ3n) is 3.26. The first-order valence-electron chi connectivity index (χ1n) is 6.64. The number of carbonyl (C=O) groups excluding carboxylic acids is 1. The van der Waals surface area contributed by atoms with Gasteiger partial charge in [0.25, 0.3) is 0 Å². The number of amidine groups is 1. The zero-order valence-electron chi connectivity index (χ0n) is 11.2. The van der Waals surface area contributed by atoms with Crippen molar-refractivity contribution in [3.63, 3.8) is 0 Å². The molecule has 1 atom stereocenters. The number of hydrogen-bond acceptors (Lipinski definition) is 4. The standard InChI is InChI=1S/C14H19N3O3/c15-14(17-19)11-4-1-3-10(7-11)9-16-13(18)8-12-5-2-6-20-12/h1,3-4,7,12,19H,2,5-6,8-9H2,(H2,15,17)(H,16,18). The topological polar surface area (TPSA) is 96.9 Å². The van der Waals surface area contributed by atoms with E-state index in [1.807, 2.05) is 6.07 Å². The third-order valence-corrected chi connectivity index (χ3v) is 3.26. The quantitative estimate of drug-likeness (QED) is 0.323. The Kier molecular flexibility index (Phi) is 4.95. The fraction of sp³-hybridized carbons (Fsp3) is 0.429. The monoisotopic (exact) mass is 277 g/mol. The van der Waals surface area contributed by atoms with E-state index < -0.39 is 0 Å². The minimum atomic E-state index is -0.0221. The number of rotatable bonds is 5. The molecule has 108 valence electrons. The number of benzene rings is 1. The SMILES string of the molecule is NC(=NO)c1cccc(CNC(=O)CC2CCCO2)c1. The second kappa shape index (κ2) is 6.91. The van der Waals surface area contributed by atoms with E-state index in [1.54, 1.807) is 18.2 Å². The molecule has 1 aromatic carbocycles. The van der Waals surface area contributed by atoms with Gasteiger partial charge in [-0.1, -0.05) is 23.4 Å². The first-order valence-corrected chi connectivity index (χ1v) is 6.64. The molecule has 0 radical (unpaired) electrons. The lowest BCUT2D eigenvalue weighted by atomic mass is 10.1. The second-order valence-electron chi connectivity index (χ2n) is 4.80. The van der Waals surface area contributed by atoms with E-state index in [-0.39, 0.29) is 17.8 Å². The van der Waals surface area contributed by atoms with Crippen LogP contribution >= 0.6 is 0 Å². The van der Waals surface area contributed by atoms with Crippen LogP contribution in [0.2, 0.25) is 0 Å². The maximum atomic E-state index is 11.8. The van der Waals surface area contributed by atoms with Crippen molar-refractivity contribution in [1.82, 2.24) is 5.32 Å². The Hall–Kier alpha value is -2.08. The van der Waals surface area contributed by atoms with E-state index in [1.165, 1.54) is 0 Å². The van der Waals surface area contributed by atoms with Crippen molar-refractivity contribution < 1.29 is 14.7 Å². The normalized spacial score (nSPS) is 19.0. The summed E-state index contributed by atoms with van der Waals surface area (Å²) in [7, 11) is 0.